The highest BCUT2D eigenvalue weighted by atomic mass is 19.4. The second-order valence-corrected chi connectivity index (χ2v) is 3.38. The van der Waals surface area contributed by atoms with Crippen LogP contribution in [0, 0.1) is 5.41 Å². The van der Waals surface area contributed by atoms with E-state index in [-0.39, 0.29) is 0 Å². The molecule has 0 radical (unpaired) electrons. The molecule has 1 saturated heterocycles. The van der Waals surface area contributed by atoms with Crippen LogP contribution < -0.4 is 5.32 Å². The van der Waals surface area contributed by atoms with Crippen LogP contribution >= 0.6 is 0 Å². The van der Waals surface area contributed by atoms with Crippen LogP contribution in [-0.2, 0) is 9.59 Å². The van der Waals surface area contributed by atoms with Gasteiger partial charge in [0.1, 0.15) is 0 Å². The largest absolute Gasteiger partial charge is 0.395 e. The molecule has 0 saturated carbocycles. The average Bonchev–Trinajstić information content (AvgIpc) is 1.79. The van der Waals surface area contributed by atoms with Gasteiger partial charge in [0.2, 0.25) is 11.8 Å². The molecule has 0 aromatic heterocycles. The van der Waals surface area contributed by atoms with Crippen molar-refractivity contribution in [2.75, 3.05) is 0 Å². The molecule has 0 aromatic rings. The van der Waals surface area contributed by atoms with Crippen molar-refractivity contribution in [3.05, 3.63) is 0 Å². The summed E-state index contributed by atoms with van der Waals surface area (Å²) >= 11 is 0. The molecular weight excluding hydrogens is 187 g/mol. The molecule has 1 heterocycles. The Morgan fingerprint density at radius 3 is 1.92 bits per heavy atom. The zero-order valence-corrected chi connectivity index (χ0v) is 6.86. The number of piperidine rings is 1. The number of hydrogen-bond donors (Lipinski definition) is 1. The van der Waals surface area contributed by atoms with Crippen LogP contribution in [0.5, 0.6) is 0 Å². The summed E-state index contributed by atoms with van der Waals surface area (Å²) < 4.78 is 37.0. The van der Waals surface area contributed by atoms with Crippen molar-refractivity contribution in [1.29, 1.82) is 0 Å². The molecule has 1 fully saturated rings. The molecule has 13 heavy (non-hydrogen) atoms. The Morgan fingerprint density at radius 2 is 1.62 bits per heavy atom. The standard InChI is InChI=1S/C7H8F3NO2/c1-6(7(8,9)10)2-4(12)11-5(13)3-6/h2-3H2,1H3,(H,11,12,13). The maximum Gasteiger partial charge on any atom is 0.395 e. The Hall–Kier alpha value is -1.07. The predicted octanol–water partition coefficient (Wildman–Crippen LogP) is 0.992. The minimum absolute atomic E-state index is 0.678. The lowest BCUT2D eigenvalue weighted by Gasteiger charge is -2.33. The quantitative estimate of drug-likeness (QED) is 0.586. The van der Waals surface area contributed by atoms with Gasteiger partial charge in [-0.3, -0.25) is 14.9 Å². The zero-order chi connectivity index (χ0) is 10.3. The first-order chi connectivity index (χ1) is 5.74. The van der Waals surface area contributed by atoms with Crippen LogP contribution in [0.3, 0.4) is 0 Å². The summed E-state index contributed by atoms with van der Waals surface area (Å²) in [5.74, 6) is -1.73. The Morgan fingerprint density at radius 1 is 1.23 bits per heavy atom. The summed E-state index contributed by atoms with van der Waals surface area (Å²) in [6.07, 6.45) is -5.87. The molecule has 0 atom stereocenters. The minimum atomic E-state index is -4.51. The van der Waals surface area contributed by atoms with Crippen molar-refractivity contribution < 1.29 is 22.8 Å². The molecule has 1 aliphatic heterocycles. The highest BCUT2D eigenvalue weighted by molar-refractivity contribution is 5.98. The fourth-order valence-electron chi connectivity index (χ4n) is 1.22. The van der Waals surface area contributed by atoms with E-state index in [1.807, 2.05) is 5.32 Å². The third-order valence-electron chi connectivity index (χ3n) is 2.06. The number of halogens is 3. The van der Waals surface area contributed by atoms with E-state index in [0.29, 0.717) is 0 Å². The van der Waals surface area contributed by atoms with Crippen molar-refractivity contribution in [1.82, 2.24) is 5.32 Å². The van der Waals surface area contributed by atoms with Crippen molar-refractivity contribution >= 4 is 11.8 Å². The first-order valence-electron chi connectivity index (χ1n) is 3.64. The summed E-state index contributed by atoms with van der Waals surface area (Å²) in [5.41, 5.74) is -2.20. The van der Waals surface area contributed by atoms with Gasteiger partial charge >= 0.3 is 6.18 Å². The van der Waals surface area contributed by atoms with Gasteiger partial charge in [0.05, 0.1) is 5.41 Å². The normalized spacial score (nSPS) is 22.8. The van der Waals surface area contributed by atoms with Crippen LogP contribution in [0.1, 0.15) is 19.8 Å². The number of amides is 2. The summed E-state index contributed by atoms with van der Waals surface area (Å²) in [5, 5.41) is 1.83. The molecule has 1 aliphatic rings. The molecule has 0 unspecified atom stereocenters. The lowest BCUT2D eigenvalue weighted by molar-refractivity contribution is -0.225. The Balaban J connectivity index is 2.91. The summed E-state index contributed by atoms with van der Waals surface area (Å²) in [6.45, 7) is 0.879. The lowest BCUT2D eigenvalue weighted by atomic mass is 9.79. The van der Waals surface area contributed by atoms with Gasteiger partial charge in [0.25, 0.3) is 0 Å². The molecule has 6 heteroatoms. The maximum absolute atomic E-state index is 12.3. The predicted molar refractivity (Wildman–Crippen MR) is 36.5 cm³/mol. The van der Waals surface area contributed by atoms with Crippen molar-refractivity contribution in [3.63, 3.8) is 0 Å². The van der Waals surface area contributed by atoms with E-state index < -0.39 is 36.2 Å². The maximum atomic E-state index is 12.3. The smallest absolute Gasteiger partial charge is 0.296 e. The lowest BCUT2D eigenvalue weighted by Crippen LogP contribution is -2.49. The van der Waals surface area contributed by atoms with E-state index in [1.54, 1.807) is 0 Å². The molecule has 1 rings (SSSR count). The fraction of sp³-hybridized carbons (Fsp3) is 0.714. The average molecular weight is 195 g/mol. The van der Waals surface area contributed by atoms with Crippen LogP contribution in [-0.4, -0.2) is 18.0 Å². The Labute approximate surface area is 72.3 Å². The SMILES string of the molecule is CC1(C(F)(F)F)CC(=O)NC(=O)C1. The molecule has 2 amide bonds. The van der Waals surface area contributed by atoms with Crippen LogP contribution in [0.2, 0.25) is 0 Å². The Bertz CT molecular complexity index is 243. The number of nitrogens with one attached hydrogen (secondary N) is 1. The van der Waals surface area contributed by atoms with Gasteiger partial charge in [-0.25, -0.2) is 0 Å². The second kappa shape index (κ2) is 2.71. The van der Waals surface area contributed by atoms with Gasteiger partial charge in [0, 0.05) is 12.8 Å². The van der Waals surface area contributed by atoms with Gasteiger partial charge in [-0.05, 0) is 6.92 Å². The van der Waals surface area contributed by atoms with Crippen LogP contribution in [0.15, 0.2) is 0 Å². The van der Waals surface area contributed by atoms with Gasteiger partial charge < -0.3 is 0 Å². The molecule has 1 N–H and O–H groups in total. The number of rotatable bonds is 0. The molecule has 0 aliphatic carbocycles. The molecule has 0 bridgehead atoms. The molecule has 0 aromatic carbocycles. The first kappa shape index (κ1) is 10.0. The zero-order valence-electron chi connectivity index (χ0n) is 6.86. The third-order valence-corrected chi connectivity index (χ3v) is 2.06. The highest BCUT2D eigenvalue weighted by Gasteiger charge is 2.55. The van der Waals surface area contributed by atoms with Crippen molar-refractivity contribution in [3.8, 4) is 0 Å². The van der Waals surface area contributed by atoms with Gasteiger partial charge in [-0.15, -0.1) is 0 Å². The number of imide groups is 1. The van der Waals surface area contributed by atoms with E-state index >= 15 is 0 Å². The van der Waals surface area contributed by atoms with Crippen LogP contribution in [0.25, 0.3) is 0 Å². The van der Waals surface area contributed by atoms with Gasteiger partial charge in [-0.2, -0.15) is 13.2 Å². The van der Waals surface area contributed by atoms with E-state index in [4.69, 9.17) is 0 Å². The number of alkyl halides is 3. The van der Waals surface area contributed by atoms with Gasteiger partial charge in [-0.1, -0.05) is 0 Å². The number of carbonyl (C=O) groups is 2. The van der Waals surface area contributed by atoms with E-state index in [0.717, 1.165) is 6.92 Å². The fourth-order valence-corrected chi connectivity index (χ4v) is 1.22. The first-order valence-corrected chi connectivity index (χ1v) is 3.64. The Kier molecular flexibility index (Phi) is 2.09. The van der Waals surface area contributed by atoms with Crippen molar-refractivity contribution in [2.45, 2.75) is 25.9 Å². The topological polar surface area (TPSA) is 46.2 Å². The monoisotopic (exact) mass is 195 g/mol. The van der Waals surface area contributed by atoms with E-state index in [2.05, 4.69) is 0 Å². The molecule has 3 nitrogen and oxygen atoms in total. The number of hydrogen-bond acceptors (Lipinski definition) is 2. The van der Waals surface area contributed by atoms with Crippen molar-refractivity contribution in [2.24, 2.45) is 5.41 Å². The van der Waals surface area contributed by atoms with Crippen LogP contribution in [0.4, 0.5) is 13.2 Å². The summed E-state index contributed by atoms with van der Waals surface area (Å²) in [7, 11) is 0. The summed E-state index contributed by atoms with van der Waals surface area (Å²) in [6, 6.07) is 0. The van der Waals surface area contributed by atoms with Gasteiger partial charge in [0.15, 0.2) is 0 Å². The summed E-state index contributed by atoms with van der Waals surface area (Å²) in [4.78, 5) is 21.4. The minimum Gasteiger partial charge on any atom is -0.296 e. The third kappa shape index (κ3) is 1.81. The highest BCUT2D eigenvalue weighted by Crippen LogP contribution is 2.44. The molecule has 74 valence electrons. The number of carbonyl (C=O) groups excluding carboxylic acids is 2. The van der Waals surface area contributed by atoms with E-state index in [9.17, 15) is 22.8 Å². The molecule has 0 spiro atoms. The second-order valence-electron chi connectivity index (χ2n) is 3.38. The van der Waals surface area contributed by atoms with E-state index in [1.165, 1.54) is 0 Å². The molecular formula is C7H8F3NO2.